The summed E-state index contributed by atoms with van der Waals surface area (Å²) in [6, 6.07) is 22.0. The minimum absolute atomic E-state index is 0.269. The van der Waals surface area contributed by atoms with Gasteiger partial charge in [-0.3, -0.25) is 0 Å². The van der Waals surface area contributed by atoms with Gasteiger partial charge in [0, 0.05) is 28.5 Å². The smallest absolute Gasteiger partial charge is 0.216 e. The van der Waals surface area contributed by atoms with E-state index in [0.29, 0.717) is 11.5 Å². The van der Waals surface area contributed by atoms with Gasteiger partial charge < -0.3 is 4.42 Å². The maximum atomic E-state index is 10.3. The highest BCUT2D eigenvalue weighted by Crippen LogP contribution is 2.47. The van der Waals surface area contributed by atoms with Gasteiger partial charge in [-0.2, -0.15) is 5.26 Å². The van der Waals surface area contributed by atoms with Crippen molar-refractivity contribution in [3.63, 3.8) is 0 Å². The van der Waals surface area contributed by atoms with Gasteiger partial charge in [0.25, 0.3) is 0 Å². The molecule has 3 aromatic carbocycles. The Morgan fingerprint density at radius 2 is 1.65 bits per heavy atom. The van der Waals surface area contributed by atoms with E-state index in [1.807, 2.05) is 12.1 Å². The normalized spacial score (nSPS) is 16.9. The average molecular weight is 526 g/mol. The lowest BCUT2D eigenvalue weighted by atomic mass is 9.79. The van der Waals surface area contributed by atoms with Crippen molar-refractivity contribution in [1.82, 2.24) is 0 Å². The molecule has 3 heteroatoms. The summed E-state index contributed by atoms with van der Waals surface area (Å²) in [6.45, 7) is 6.94. The Kier molecular flexibility index (Phi) is 5.86. The van der Waals surface area contributed by atoms with E-state index in [2.05, 4.69) is 87.1 Å². The molecule has 0 unspecified atom stereocenters. The monoisotopic (exact) mass is 525 g/mol. The first-order valence-electron chi connectivity index (χ1n) is 14.8. The molecule has 0 aliphatic heterocycles. The third kappa shape index (κ3) is 3.96. The Morgan fingerprint density at radius 3 is 2.40 bits per heavy atom. The predicted octanol–water partition coefficient (Wildman–Crippen LogP) is 9.10. The van der Waals surface area contributed by atoms with Crippen LogP contribution in [0.1, 0.15) is 79.7 Å². The number of rotatable bonds is 3. The van der Waals surface area contributed by atoms with Gasteiger partial charge in [0.15, 0.2) is 6.20 Å². The molecule has 0 saturated heterocycles. The zero-order chi connectivity index (χ0) is 27.6. The maximum Gasteiger partial charge on any atom is 0.216 e. The fourth-order valence-corrected chi connectivity index (χ4v) is 7.59. The number of aromatic nitrogens is 1. The highest BCUT2D eigenvalue weighted by atomic mass is 16.3. The van der Waals surface area contributed by atoms with Crippen LogP contribution in [0.4, 0.5) is 0 Å². The van der Waals surface area contributed by atoms with Gasteiger partial charge >= 0.3 is 0 Å². The molecule has 1 fully saturated rings. The van der Waals surface area contributed by atoms with E-state index in [1.54, 1.807) is 5.56 Å². The van der Waals surface area contributed by atoms with Crippen LogP contribution >= 0.6 is 0 Å². The second kappa shape index (κ2) is 9.34. The van der Waals surface area contributed by atoms with Crippen LogP contribution in [0, 0.1) is 23.7 Å². The van der Waals surface area contributed by atoms with E-state index < -0.39 is 0 Å². The van der Waals surface area contributed by atoms with Gasteiger partial charge in [-0.1, -0.05) is 57.4 Å². The average Bonchev–Trinajstić information content (AvgIpc) is 3.48. The standard InChI is InChI=1S/C37H37N2O/c1-23-13-15-28-29-16-14-25(22-38)34(36(29)40-35(28)33(23)32-12-8-9-17-39(32)4)26-18-27-20-37(2,3)21-31(27)30(19-26)24-10-6-5-7-11-24/h8-9,12-19,24H,5-7,10-11,20-21H2,1-4H3/q+1. The molecule has 5 aromatic rings. The summed E-state index contributed by atoms with van der Waals surface area (Å²) in [4.78, 5) is 0. The van der Waals surface area contributed by atoms with Gasteiger partial charge in [-0.05, 0) is 90.0 Å². The minimum atomic E-state index is 0.269. The zero-order valence-corrected chi connectivity index (χ0v) is 24.1. The van der Waals surface area contributed by atoms with Crippen molar-refractivity contribution in [2.24, 2.45) is 12.5 Å². The molecule has 2 aromatic heterocycles. The first-order chi connectivity index (χ1) is 19.3. The Morgan fingerprint density at radius 1 is 0.900 bits per heavy atom. The number of nitrogens with zero attached hydrogens (tertiary/aromatic N) is 2. The van der Waals surface area contributed by atoms with Gasteiger partial charge in [0.2, 0.25) is 5.69 Å². The first-order valence-corrected chi connectivity index (χ1v) is 14.8. The van der Waals surface area contributed by atoms with Crippen molar-refractivity contribution >= 4 is 21.9 Å². The predicted molar refractivity (Wildman–Crippen MR) is 162 cm³/mol. The molecule has 0 amide bonds. The van der Waals surface area contributed by atoms with E-state index in [1.165, 1.54) is 48.8 Å². The fourth-order valence-electron chi connectivity index (χ4n) is 7.59. The summed E-state index contributed by atoms with van der Waals surface area (Å²) in [5.41, 5.74) is 12.7. The van der Waals surface area contributed by atoms with Crippen molar-refractivity contribution in [3.05, 3.63) is 88.6 Å². The molecule has 0 bridgehead atoms. The SMILES string of the molecule is Cc1ccc2c(oc3c(-c4cc5c(c(C6CCCCC6)c4)CC(C)(C)C5)c(C#N)ccc32)c1-c1cccc[n+]1C. The summed E-state index contributed by atoms with van der Waals surface area (Å²) < 4.78 is 9.03. The van der Waals surface area contributed by atoms with Gasteiger partial charge in [-0.15, -0.1) is 0 Å². The minimum Gasteiger partial charge on any atom is -0.454 e. The number of furan rings is 1. The van der Waals surface area contributed by atoms with E-state index in [4.69, 9.17) is 4.42 Å². The summed E-state index contributed by atoms with van der Waals surface area (Å²) in [5, 5.41) is 12.5. The van der Waals surface area contributed by atoms with Crippen molar-refractivity contribution in [1.29, 1.82) is 5.26 Å². The number of hydrogen-bond donors (Lipinski definition) is 0. The van der Waals surface area contributed by atoms with E-state index >= 15 is 0 Å². The fraction of sp³-hybridized carbons (Fsp3) is 0.351. The molecule has 0 atom stereocenters. The molecule has 2 aliphatic rings. The highest BCUT2D eigenvalue weighted by Gasteiger charge is 2.33. The topological polar surface area (TPSA) is 40.8 Å². The number of pyridine rings is 1. The molecule has 200 valence electrons. The second-order valence-electron chi connectivity index (χ2n) is 13.0. The lowest BCUT2D eigenvalue weighted by Crippen LogP contribution is -2.30. The van der Waals surface area contributed by atoms with Crippen molar-refractivity contribution in [2.75, 3.05) is 0 Å². The lowest BCUT2D eigenvalue weighted by Gasteiger charge is -2.26. The van der Waals surface area contributed by atoms with Crippen LogP contribution in [-0.4, -0.2) is 0 Å². The van der Waals surface area contributed by atoms with Crippen molar-refractivity contribution in [2.45, 2.75) is 71.6 Å². The number of benzene rings is 3. The van der Waals surface area contributed by atoms with Crippen LogP contribution < -0.4 is 4.57 Å². The van der Waals surface area contributed by atoms with Crippen LogP contribution in [0.15, 0.2) is 65.2 Å². The molecule has 2 heterocycles. The number of fused-ring (bicyclic) bond motifs is 4. The van der Waals surface area contributed by atoms with Gasteiger partial charge in [0.1, 0.15) is 18.2 Å². The Hall–Kier alpha value is -3.90. The lowest BCUT2D eigenvalue weighted by molar-refractivity contribution is -0.660. The molecule has 0 spiro atoms. The summed E-state index contributed by atoms with van der Waals surface area (Å²) in [6.07, 6.45) is 10.8. The number of hydrogen-bond acceptors (Lipinski definition) is 2. The van der Waals surface area contributed by atoms with Crippen LogP contribution in [0.3, 0.4) is 0 Å². The Bertz CT molecular complexity index is 1840. The van der Waals surface area contributed by atoms with Crippen molar-refractivity contribution < 1.29 is 8.98 Å². The Labute approximate surface area is 237 Å². The molecule has 2 aliphatic carbocycles. The van der Waals surface area contributed by atoms with Crippen molar-refractivity contribution in [3.8, 4) is 28.5 Å². The molecule has 40 heavy (non-hydrogen) atoms. The van der Waals surface area contributed by atoms with Crippen LogP contribution in [-0.2, 0) is 19.9 Å². The summed E-state index contributed by atoms with van der Waals surface area (Å²) in [7, 11) is 2.08. The molecule has 7 rings (SSSR count). The zero-order valence-electron chi connectivity index (χ0n) is 24.1. The second-order valence-corrected chi connectivity index (χ2v) is 13.0. The molecule has 1 saturated carbocycles. The largest absolute Gasteiger partial charge is 0.454 e. The number of nitriles is 1. The number of aryl methyl sites for hydroxylation is 2. The van der Waals surface area contributed by atoms with Crippen LogP contribution in [0.5, 0.6) is 0 Å². The van der Waals surface area contributed by atoms with Crippen LogP contribution in [0.25, 0.3) is 44.3 Å². The maximum absolute atomic E-state index is 10.3. The van der Waals surface area contributed by atoms with Gasteiger partial charge in [0.05, 0.1) is 17.2 Å². The first kappa shape index (κ1) is 25.1. The van der Waals surface area contributed by atoms with E-state index in [-0.39, 0.29) is 5.41 Å². The van der Waals surface area contributed by atoms with Crippen LogP contribution in [0.2, 0.25) is 0 Å². The molecule has 3 nitrogen and oxygen atoms in total. The molecule has 0 N–H and O–H groups in total. The molecule has 0 radical (unpaired) electrons. The van der Waals surface area contributed by atoms with E-state index in [9.17, 15) is 5.26 Å². The van der Waals surface area contributed by atoms with E-state index in [0.717, 1.165) is 57.2 Å². The molecular formula is C37H37N2O+. The third-order valence-corrected chi connectivity index (χ3v) is 9.48. The Balaban J connectivity index is 1.52. The molecular weight excluding hydrogens is 488 g/mol. The highest BCUT2D eigenvalue weighted by molar-refractivity contribution is 6.14. The van der Waals surface area contributed by atoms with Gasteiger partial charge in [-0.25, -0.2) is 4.57 Å². The summed E-state index contributed by atoms with van der Waals surface area (Å²) in [5.74, 6) is 0.615. The quantitative estimate of drug-likeness (QED) is 0.220. The summed E-state index contributed by atoms with van der Waals surface area (Å²) >= 11 is 0. The third-order valence-electron chi connectivity index (χ3n) is 9.48.